The van der Waals surface area contributed by atoms with Crippen molar-refractivity contribution in [2.24, 2.45) is 0 Å². The lowest BCUT2D eigenvalue weighted by molar-refractivity contribution is 0.129. The smallest absolute Gasteiger partial charge is 0.104 e. The Morgan fingerprint density at radius 1 is 1.10 bits per heavy atom. The monoisotopic (exact) mass is 291 g/mol. The van der Waals surface area contributed by atoms with Crippen LogP contribution in [0, 0.1) is 11.8 Å². The quantitative estimate of drug-likeness (QED) is 0.553. The summed E-state index contributed by atoms with van der Waals surface area (Å²) in [6.07, 6.45) is 0.991. The number of nitrogens with zero attached hydrogens (tertiary/aromatic N) is 1. The van der Waals surface area contributed by atoms with Gasteiger partial charge in [0.1, 0.15) is 6.61 Å². The van der Waals surface area contributed by atoms with Crippen LogP contribution in [-0.2, 0) is 16.0 Å². The maximum atomic E-state index is 8.85. The third-order valence-corrected chi connectivity index (χ3v) is 3.15. The summed E-state index contributed by atoms with van der Waals surface area (Å²) in [5.41, 5.74) is 2.15. The van der Waals surface area contributed by atoms with Crippen LogP contribution in [0.2, 0.25) is 0 Å². The minimum atomic E-state index is -0.116. The van der Waals surface area contributed by atoms with Crippen molar-refractivity contribution in [3.63, 3.8) is 0 Å². The van der Waals surface area contributed by atoms with Crippen LogP contribution in [0.15, 0.2) is 24.3 Å². The Morgan fingerprint density at radius 3 is 2.57 bits per heavy atom. The van der Waals surface area contributed by atoms with Crippen LogP contribution in [-0.4, -0.2) is 57.1 Å². The summed E-state index contributed by atoms with van der Waals surface area (Å²) >= 11 is 0. The maximum absolute atomic E-state index is 8.85. The average molecular weight is 291 g/mol. The van der Waals surface area contributed by atoms with Gasteiger partial charge in [0.15, 0.2) is 0 Å². The second kappa shape index (κ2) is 11.3. The first-order valence-electron chi connectivity index (χ1n) is 7.19. The molecule has 1 N–H and O–H groups in total. The number of hydrogen-bond acceptors (Lipinski definition) is 4. The first-order chi connectivity index (χ1) is 10.3. The highest BCUT2D eigenvalue weighted by Gasteiger charge is 2.08. The molecular weight excluding hydrogens is 266 g/mol. The van der Waals surface area contributed by atoms with E-state index < -0.39 is 0 Å². The Balaban J connectivity index is 2.71. The van der Waals surface area contributed by atoms with Crippen LogP contribution in [0.4, 0.5) is 0 Å². The summed E-state index contributed by atoms with van der Waals surface area (Å²) in [6.45, 7) is 4.01. The molecule has 0 aliphatic heterocycles. The lowest BCUT2D eigenvalue weighted by atomic mass is 10.1. The molecule has 0 radical (unpaired) electrons. The van der Waals surface area contributed by atoms with Crippen molar-refractivity contribution >= 4 is 0 Å². The fourth-order valence-electron chi connectivity index (χ4n) is 2.08. The zero-order valence-corrected chi connectivity index (χ0v) is 13.0. The number of hydrogen-bond donors (Lipinski definition) is 1. The molecule has 0 fully saturated rings. The van der Waals surface area contributed by atoms with Crippen molar-refractivity contribution < 1.29 is 14.6 Å². The predicted octanol–water partition coefficient (Wildman–Crippen LogP) is 1.52. The van der Waals surface area contributed by atoms with Gasteiger partial charge in [0.2, 0.25) is 0 Å². The first-order valence-corrected chi connectivity index (χ1v) is 7.19. The molecule has 0 amide bonds. The van der Waals surface area contributed by atoms with E-state index in [9.17, 15) is 0 Å². The zero-order chi connectivity index (χ0) is 15.3. The predicted molar refractivity (Wildman–Crippen MR) is 84.1 cm³/mol. The van der Waals surface area contributed by atoms with Crippen LogP contribution in [0.5, 0.6) is 0 Å². The normalized spacial score (nSPS) is 10.5. The second-order valence-corrected chi connectivity index (χ2v) is 4.73. The second-order valence-electron chi connectivity index (χ2n) is 4.73. The molecule has 0 aliphatic carbocycles. The molecule has 0 atom stereocenters. The number of methoxy groups -OCH3 is 2. The largest absolute Gasteiger partial charge is 0.385 e. The summed E-state index contributed by atoms with van der Waals surface area (Å²) in [5.74, 6) is 5.73. The molecule has 1 aromatic carbocycles. The van der Waals surface area contributed by atoms with Gasteiger partial charge in [-0.3, -0.25) is 4.90 Å². The Hall–Kier alpha value is -1.38. The van der Waals surface area contributed by atoms with E-state index in [4.69, 9.17) is 14.6 Å². The minimum Gasteiger partial charge on any atom is -0.385 e. The Bertz CT molecular complexity index is 451. The molecule has 1 aromatic rings. The minimum absolute atomic E-state index is 0.116. The fraction of sp³-hybridized carbons (Fsp3) is 0.529. The molecule has 0 unspecified atom stereocenters. The van der Waals surface area contributed by atoms with Crippen molar-refractivity contribution in [1.82, 2.24) is 4.90 Å². The Kier molecular flexibility index (Phi) is 9.51. The topological polar surface area (TPSA) is 41.9 Å². The highest BCUT2D eigenvalue weighted by molar-refractivity contribution is 5.41. The summed E-state index contributed by atoms with van der Waals surface area (Å²) in [6, 6.07) is 8.05. The SMILES string of the molecule is COCCCN(CCOC)Cc1ccccc1C#CCO. The molecule has 0 heterocycles. The third-order valence-electron chi connectivity index (χ3n) is 3.15. The van der Waals surface area contributed by atoms with Crippen LogP contribution in [0.25, 0.3) is 0 Å². The molecule has 4 nitrogen and oxygen atoms in total. The molecule has 21 heavy (non-hydrogen) atoms. The lowest BCUT2D eigenvalue weighted by Crippen LogP contribution is -2.29. The first kappa shape index (κ1) is 17.7. The molecule has 0 saturated heterocycles. The van der Waals surface area contributed by atoms with Crippen LogP contribution < -0.4 is 0 Å². The summed E-state index contributed by atoms with van der Waals surface area (Å²) in [4.78, 5) is 2.34. The molecule has 0 bridgehead atoms. The van der Waals surface area contributed by atoms with Crippen molar-refractivity contribution in [2.75, 3.05) is 47.1 Å². The van der Waals surface area contributed by atoms with Gasteiger partial charge in [-0.1, -0.05) is 30.0 Å². The summed E-state index contributed by atoms with van der Waals surface area (Å²) in [5, 5.41) is 8.85. The third kappa shape index (κ3) is 7.26. The van der Waals surface area contributed by atoms with Gasteiger partial charge >= 0.3 is 0 Å². The number of ether oxygens (including phenoxy) is 2. The van der Waals surface area contributed by atoms with E-state index in [0.29, 0.717) is 6.61 Å². The molecule has 0 aromatic heterocycles. The van der Waals surface area contributed by atoms with Gasteiger partial charge in [-0.15, -0.1) is 0 Å². The van der Waals surface area contributed by atoms with Crippen LogP contribution in [0.3, 0.4) is 0 Å². The van der Waals surface area contributed by atoms with Crippen LogP contribution >= 0.6 is 0 Å². The summed E-state index contributed by atoms with van der Waals surface area (Å²) < 4.78 is 10.3. The summed E-state index contributed by atoms with van der Waals surface area (Å²) in [7, 11) is 3.44. The van der Waals surface area contributed by atoms with Gasteiger partial charge in [0, 0.05) is 46.0 Å². The number of benzene rings is 1. The van der Waals surface area contributed by atoms with E-state index in [1.807, 2.05) is 18.2 Å². The van der Waals surface area contributed by atoms with E-state index in [1.54, 1.807) is 14.2 Å². The van der Waals surface area contributed by atoms with Gasteiger partial charge in [0.05, 0.1) is 6.61 Å². The van der Waals surface area contributed by atoms with E-state index in [2.05, 4.69) is 22.8 Å². The highest BCUT2D eigenvalue weighted by atomic mass is 16.5. The van der Waals surface area contributed by atoms with Crippen molar-refractivity contribution in [3.05, 3.63) is 35.4 Å². The number of aliphatic hydroxyl groups is 1. The zero-order valence-electron chi connectivity index (χ0n) is 13.0. The van der Waals surface area contributed by atoms with E-state index in [1.165, 1.54) is 5.56 Å². The average Bonchev–Trinajstić information content (AvgIpc) is 2.51. The molecule has 0 saturated carbocycles. The maximum Gasteiger partial charge on any atom is 0.104 e. The Labute approximate surface area is 127 Å². The fourth-order valence-corrected chi connectivity index (χ4v) is 2.08. The lowest BCUT2D eigenvalue weighted by Gasteiger charge is -2.22. The van der Waals surface area contributed by atoms with E-state index >= 15 is 0 Å². The van der Waals surface area contributed by atoms with Gasteiger partial charge in [-0.25, -0.2) is 0 Å². The van der Waals surface area contributed by atoms with E-state index in [0.717, 1.165) is 38.2 Å². The van der Waals surface area contributed by atoms with Crippen molar-refractivity contribution in [3.8, 4) is 11.8 Å². The van der Waals surface area contributed by atoms with Gasteiger partial charge in [-0.05, 0) is 18.1 Å². The molecule has 4 heteroatoms. The standard InChI is InChI=1S/C17H25NO3/c1-20-13-6-10-18(11-14-21-2)15-17-8-4-3-7-16(17)9-5-12-19/h3-4,7-8,19H,6,10-15H2,1-2H3. The van der Waals surface area contributed by atoms with Crippen molar-refractivity contribution in [1.29, 1.82) is 0 Å². The molecule has 0 spiro atoms. The highest BCUT2D eigenvalue weighted by Crippen LogP contribution is 2.11. The Morgan fingerprint density at radius 2 is 1.86 bits per heavy atom. The van der Waals surface area contributed by atoms with E-state index in [-0.39, 0.29) is 6.61 Å². The molecule has 0 aliphatic rings. The van der Waals surface area contributed by atoms with Crippen LogP contribution in [0.1, 0.15) is 17.5 Å². The molecule has 116 valence electrons. The van der Waals surface area contributed by atoms with Gasteiger partial charge in [-0.2, -0.15) is 0 Å². The number of rotatable bonds is 9. The number of aliphatic hydroxyl groups excluding tert-OH is 1. The molecule has 1 rings (SSSR count). The molecular formula is C17H25NO3. The van der Waals surface area contributed by atoms with Crippen molar-refractivity contribution in [2.45, 2.75) is 13.0 Å². The van der Waals surface area contributed by atoms with Gasteiger partial charge in [0.25, 0.3) is 0 Å². The van der Waals surface area contributed by atoms with Gasteiger partial charge < -0.3 is 14.6 Å².